The standard InChI is InChI=1S/C20H15ClN2OS/c21-17-7-4-8-18(13-17)22-20(25)23-19(24)16-11-9-15(10-12-16)14-5-2-1-3-6-14/h1-13H,(H2,22,23,24,25). The topological polar surface area (TPSA) is 41.1 Å². The van der Waals surface area contributed by atoms with Crippen LogP contribution in [0, 0.1) is 0 Å². The van der Waals surface area contributed by atoms with Gasteiger partial charge in [0.15, 0.2) is 5.11 Å². The average Bonchev–Trinajstić information content (AvgIpc) is 2.62. The van der Waals surface area contributed by atoms with E-state index in [0.717, 1.165) is 16.8 Å². The quantitative estimate of drug-likeness (QED) is 0.631. The molecule has 0 spiro atoms. The highest BCUT2D eigenvalue weighted by molar-refractivity contribution is 7.80. The van der Waals surface area contributed by atoms with Gasteiger partial charge in [-0.1, -0.05) is 60.1 Å². The lowest BCUT2D eigenvalue weighted by Crippen LogP contribution is -2.34. The van der Waals surface area contributed by atoms with E-state index in [-0.39, 0.29) is 11.0 Å². The van der Waals surface area contributed by atoms with Crippen molar-refractivity contribution < 1.29 is 4.79 Å². The Bertz CT molecular complexity index is 895. The molecule has 5 heteroatoms. The molecule has 0 fully saturated rings. The molecule has 0 atom stereocenters. The van der Waals surface area contributed by atoms with Gasteiger partial charge in [-0.15, -0.1) is 0 Å². The van der Waals surface area contributed by atoms with Gasteiger partial charge in [0.25, 0.3) is 5.91 Å². The summed E-state index contributed by atoms with van der Waals surface area (Å²) in [5.74, 6) is -0.265. The number of thiocarbonyl (C=S) groups is 1. The zero-order valence-electron chi connectivity index (χ0n) is 13.2. The predicted molar refractivity (Wildman–Crippen MR) is 107 cm³/mol. The van der Waals surface area contributed by atoms with Crippen LogP contribution in [0.1, 0.15) is 10.4 Å². The van der Waals surface area contributed by atoms with Gasteiger partial charge in [-0.05, 0) is 53.7 Å². The van der Waals surface area contributed by atoms with Gasteiger partial charge in [-0.3, -0.25) is 10.1 Å². The molecule has 25 heavy (non-hydrogen) atoms. The Hall–Kier alpha value is -2.69. The summed E-state index contributed by atoms with van der Waals surface area (Å²) in [7, 11) is 0. The molecule has 0 aliphatic carbocycles. The molecule has 0 unspecified atom stereocenters. The van der Waals surface area contributed by atoms with Crippen LogP contribution < -0.4 is 10.6 Å². The van der Waals surface area contributed by atoms with Crippen molar-refractivity contribution in [1.82, 2.24) is 5.32 Å². The van der Waals surface area contributed by atoms with Gasteiger partial charge in [0.1, 0.15) is 0 Å². The summed E-state index contributed by atoms with van der Waals surface area (Å²) in [6.45, 7) is 0. The Morgan fingerprint density at radius 1 is 0.840 bits per heavy atom. The van der Waals surface area contributed by atoms with Crippen molar-refractivity contribution in [2.24, 2.45) is 0 Å². The fourth-order valence-electron chi connectivity index (χ4n) is 2.35. The Balaban J connectivity index is 1.64. The summed E-state index contributed by atoms with van der Waals surface area (Å²) >= 11 is 11.1. The van der Waals surface area contributed by atoms with Crippen LogP contribution in [-0.4, -0.2) is 11.0 Å². The van der Waals surface area contributed by atoms with Crippen LogP contribution in [0.2, 0.25) is 5.02 Å². The number of amides is 1. The third-order valence-corrected chi connectivity index (χ3v) is 4.00. The van der Waals surface area contributed by atoms with Crippen molar-refractivity contribution in [3.63, 3.8) is 0 Å². The van der Waals surface area contributed by atoms with E-state index >= 15 is 0 Å². The molecule has 3 nitrogen and oxygen atoms in total. The fourth-order valence-corrected chi connectivity index (χ4v) is 2.75. The first kappa shape index (κ1) is 17.1. The minimum absolute atomic E-state index is 0.222. The fraction of sp³-hybridized carbons (Fsp3) is 0. The minimum Gasteiger partial charge on any atom is -0.332 e. The maximum Gasteiger partial charge on any atom is 0.257 e. The van der Waals surface area contributed by atoms with E-state index in [9.17, 15) is 4.79 Å². The molecule has 3 aromatic rings. The molecular weight excluding hydrogens is 352 g/mol. The minimum atomic E-state index is -0.265. The summed E-state index contributed by atoms with van der Waals surface area (Å²) in [5, 5.41) is 6.41. The normalized spacial score (nSPS) is 10.1. The van der Waals surface area contributed by atoms with Crippen LogP contribution in [0.3, 0.4) is 0 Å². The molecule has 1 amide bonds. The molecule has 0 radical (unpaired) electrons. The van der Waals surface area contributed by atoms with E-state index in [1.807, 2.05) is 48.5 Å². The first-order valence-electron chi connectivity index (χ1n) is 7.65. The molecule has 3 rings (SSSR count). The van der Waals surface area contributed by atoms with Crippen LogP contribution in [-0.2, 0) is 0 Å². The summed E-state index contributed by atoms with van der Waals surface area (Å²) in [6.07, 6.45) is 0. The van der Waals surface area contributed by atoms with Gasteiger partial charge in [0.05, 0.1) is 0 Å². The van der Waals surface area contributed by atoms with Gasteiger partial charge >= 0.3 is 0 Å². The smallest absolute Gasteiger partial charge is 0.257 e. The Labute approximate surface area is 156 Å². The van der Waals surface area contributed by atoms with Crippen LogP contribution in [0.25, 0.3) is 11.1 Å². The van der Waals surface area contributed by atoms with E-state index in [2.05, 4.69) is 10.6 Å². The zero-order chi connectivity index (χ0) is 17.6. The molecule has 0 aliphatic heterocycles. The van der Waals surface area contributed by atoms with Crippen molar-refractivity contribution in [3.8, 4) is 11.1 Å². The maximum absolute atomic E-state index is 12.3. The van der Waals surface area contributed by atoms with Crippen LogP contribution in [0.15, 0.2) is 78.9 Å². The summed E-state index contributed by atoms with van der Waals surface area (Å²) in [4.78, 5) is 12.3. The summed E-state index contributed by atoms with van der Waals surface area (Å²) < 4.78 is 0. The maximum atomic E-state index is 12.3. The molecule has 0 heterocycles. The third kappa shape index (κ3) is 4.66. The van der Waals surface area contributed by atoms with Crippen molar-refractivity contribution in [2.45, 2.75) is 0 Å². The second-order valence-corrected chi connectivity index (χ2v) is 6.21. The van der Waals surface area contributed by atoms with E-state index in [0.29, 0.717) is 10.6 Å². The Kier molecular flexibility index (Phi) is 5.43. The van der Waals surface area contributed by atoms with E-state index in [1.54, 1.807) is 30.3 Å². The number of hydrogen-bond acceptors (Lipinski definition) is 2. The molecule has 3 aromatic carbocycles. The number of hydrogen-bond donors (Lipinski definition) is 2. The molecular formula is C20H15ClN2OS. The number of carbonyl (C=O) groups excluding carboxylic acids is 1. The predicted octanol–water partition coefficient (Wildman–Crippen LogP) is 5.13. The number of halogens is 1. The highest BCUT2D eigenvalue weighted by Gasteiger charge is 2.08. The van der Waals surface area contributed by atoms with Gasteiger partial charge in [0.2, 0.25) is 0 Å². The lowest BCUT2D eigenvalue weighted by molar-refractivity contribution is 0.0978. The number of nitrogens with one attached hydrogen (secondary N) is 2. The first-order chi connectivity index (χ1) is 12.1. The number of anilines is 1. The second kappa shape index (κ2) is 7.92. The van der Waals surface area contributed by atoms with E-state index in [4.69, 9.17) is 23.8 Å². The van der Waals surface area contributed by atoms with Crippen molar-refractivity contribution in [1.29, 1.82) is 0 Å². The van der Waals surface area contributed by atoms with Crippen LogP contribution in [0.4, 0.5) is 5.69 Å². The van der Waals surface area contributed by atoms with Crippen LogP contribution in [0.5, 0.6) is 0 Å². The molecule has 0 saturated heterocycles. The first-order valence-corrected chi connectivity index (χ1v) is 8.44. The van der Waals surface area contributed by atoms with E-state index in [1.165, 1.54) is 0 Å². The average molecular weight is 367 g/mol. The largest absolute Gasteiger partial charge is 0.332 e. The molecule has 124 valence electrons. The van der Waals surface area contributed by atoms with Crippen molar-refractivity contribution in [2.75, 3.05) is 5.32 Å². The van der Waals surface area contributed by atoms with Gasteiger partial charge in [-0.25, -0.2) is 0 Å². The summed E-state index contributed by atoms with van der Waals surface area (Å²) in [5.41, 5.74) is 3.41. The second-order valence-electron chi connectivity index (χ2n) is 5.36. The molecule has 0 aromatic heterocycles. The molecule has 2 N–H and O–H groups in total. The van der Waals surface area contributed by atoms with E-state index < -0.39 is 0 Å². The van der Waals surface area contributed by atoms with Gasteiger partial charge in [-0.2, -0.15) is 0 Å². The van der Waals surface area contributed by atoms with Crippen molar-refractivity contribution in [3.05, 3.63) is 89.4 Å². The van der Waals surface area contributed by atoms with Crippen molar-refractivity contribution >= 4 is 40.5 Å². The zero-order valence-corrected chi connectivity index (χ0v) is 14.8. The summed E-state index contributed by atoms with van der Waals surface area (Å²) in [6, 6.07) is 24.5. The molecule has 0 saturated carbocycles. The number of rotatable bonds is 3. The number of carbonyl (C=O) groups is 1. The van der Waals surface area contributed by atoms with Crippen LogP contribution >= 0.6 is 23.8 Å². The Morgan fingerprint density at radius 3 is 2.20 bits per heavy atom. The number of benzene rings is 3. The highest BCUT2D eigenvalue weighted by Crippen LogP contribution is 2.19. The van der Waals surface area contributed by atoms with Gasteiger partial charge < -0.3 is 5.32 Å². The lowest BCUT2D eigenvalue weighted by Gasteiger charge is -2.10. The van der Waals surface area contributed by atoms with Gasteiger partial charge in [0, 0.05) is 16.3 Å². The SMILES string of the molecule is O=C(NC(=S)Nc1cccc(Cl)c1)c1ccc(-c2ccccc2)cc1. The molecule has 0 aliphatic rings. The lowest BCUT2D eigenvalue weighted by atomic mass is 10.0. The Morgan fingerprint density at radius 2 is 1.52 bits per heavy atom. The molecule has 0 bridgehead atoms. The monoisotopic (exact) mass is 366 g/mol. The highest BCUT2D eigenvalue weighted by atomic mass is 35.5. The third-order valence-electron chi connectivity index (χ3n) is 3.56.